The lowest BCUT2D eigenvalue weighted by Crippen LogP contribution is -2.24. The molecule has 0 unspecified atom stereocenters. The molecule has 0 amide bonds. The summed E-state index contributed by atoms with van der Waals surface area (Å²) in [4.78, 5) is 16.0. The van der Waals surface area contributed by atoms with E-state index < -0.39 is 0 Å². The quantitative estimate of drug-likeness (QED) is 0.808. The van der Waals surface area contributed by atoms with Gasteiger partial charge in [0.1, 0.15) is 11.4 Å². The maximum absolute atomic E-state index is 11.8. The van der Waals surface area contributed by atoms with E-state index in [0.717, 1.165) is 32.2 Å². The number of pyridine rings is 1. The van der Waals surface area contributed by atoms with E-state index in [1.807, 2.05) is 0 Å². The van der Waals surface area contributed by atoms with Crippen LogP contribution in [0.2, 0.25) is 0 Å². The second kappa shape index (κ2) is 7.24. The van der Waals surface area contributed by atoms with Gasteiger partial charge in [0.15, 0.2) is 0 Å². The molecule has 1 aromatic rings. The van der Waals surface area contributed by atoms with Crippen molar-refractivity contribution >= 4 is 11.8 Å². The number of hydrogen-bond acceptors (Lipinski definition) is 5. The molecule has 2 N–H and O–H groups in total. The highest BCUT2D eigenvalue weighted by atomic mass is 16.5. The largest absolute Gasteiger partial charge is 0.462 e. The monoisotopic (exact) mass is 278 g/mol. The van der Waals surface area contributed by atoms with Crippen LogP contribution in [0.25, 0.3) is 0 Å². The molecule has 0 atom stereocenters. The zero-order valence-electron chi connectivity index (χ0n) is 11.8. The minimum atomic E-state index is -0.345. The minimum Gasteiger partial charge on any atom is -0.462 e. The van der Waals surface area contributed by atoms with Crippen molar-refractivity contribution in [1.82, 2.24) is 4.98 Å². The lowest BCUT2D eigenvalue weighted by atomic mass is 9.87. The third kappa shape index (κ3) is 3.93. The van der Waals surface area contributed by atoms with Crippen molar-refractivity contribution in [3.63, 3.8) is 0 Å². The van der Waals surface area contributed by atoms with Crippen LogP contribution >= 0.6 is 0 Å². The summed E-state index contributed by atoms with van der Waals surface area (Å²) in [7, 11) is 0. The Bertz CT molecular complexity index is 442. The van der Waals surface area contributed by atoms with E-state index in [1.165, 1.54) is 0 Å². The molecule has 1 fully saturated rings. The van der Waals surface area contributed by atoms with Crippen LogP contribution in [0.1, 0.15) is 43.0 Å². The zero-order chi connectivity index (χ0) is 14.4. The van der Waals surface area contributed by atoms with E-state index in [9.17, 15) is 9.90 Å². The summed E-state index contributed by atoms with van der Waals surface area (Å²) in [5.41, 5.74) is 0.477. The van der Waals surface area contributed by atoms with Gasteiger partial charge in [-0.25, -0.2) is 9.78 Å². The SMILES string of the molecule is CCOC(=O)c1cccnc1NCC1CCC(O)CC1. The molecule has 20 heavy (non-hydrogen) atoms. The Morgan fingerprint density at radius 2 is 2.20 bits per heavy atom. The first-order valence-electron chi connectivity index (χ1n) is 7.24. The summed E-state index contributed by atoms with van der Waals surface area (Å²) in [6.07, 6.45) is 5.26. The summed E-state index contributed by atoms with van der Waals surface area (Å²) in [5, 5.41) is 12.7. The molecule has 0 bridgehead atoms. The molecule has 5 nitrogen and oxygen atoms in total. The third-order valence-corrected chi connectivity index (χ3v) is 3.68. The van der Waals surface area contributed by atoms with Crippen molar-refractivity contribution in [1.29, 1.82) is 0 Å². The van der Waals surface area contributed by atoms with E-state index in [-0.39, 0.29) is 12.1 Å². The number of aliphatic hydroxyl groups is 1. The zero-order valence-corrected chi connectivity index (χ0v) is 11.8. The highest BCUT2D eigenvalue weighted by molar-refractivity contribution is 5.94. The van der Waals surface area contributed by atoms with Gasteiger partial charge in [-0.2, -0.15) is 0 Å². The van der Waals surface area contributed by atoms with Crippen molar-refractivity contribution in [3.8, 4) is 0 Å². The number of anilines is 1. The number of esters is 1. The first-order chi connectivity index (χ1) is 9.70. The Labute approximate surface area is 119 Å². The third-order valence-electron chi connectivity index (χ3n) is 3.68. The Morgan fingerprint density at radius 1 is 1.45 bits per heavy atom. The molecule has 1 heterocycles. The topological polar surface area (TPSA) is 71.5 Å². The number of nitrogens with one attached hydrogen (secondary N) is 1. The van der Waals surface area contributed by atoms with Gasteiger partial charge >= 0.3 is 5.97 Å². The molecule has 5 heteroatoms. The van der Waals surface area contributed by atoms with Gasteiger partial charge in [0.2, 0.25) is 0 Å². The fraction of sp³-hybridized carbons (Fsp3) is 0.600. The summed E-state index contributed by atoms with van der Waals surface area (Å²) < 4.78 is 5.02. The number of carbonyl (C=O) groups excluding carboxylic acids is 1. The summed E-state index contributed by atoms with van der Waals surface area (Å²) in [5.74, 6) is 0.759. The van der Waals surface area contributed by atoms with E-state index >= 15 is 0 Å². The maximum atomic E-state index is 11.8. The lowest BCUT2D eigenvalue weighted by molar-refractivity contribution is 0.0527. The number of rotatable bonds is 5. The molecule has 1 aromatic heterocycles. The highest BCUT2D eigenvalue weighted by Gasteiger charge is 2.20. The van der Waals surface area contributed by atoms with Crippen LogP contribution in [0.5, 0.6) is 0 Å². The van der Waals surface area contributed by atoms with Crippen molar-refractivity contribution < 1.29 is 14.6 Å². The molecule has 1 saturated carbocycles. The Hall–Kier alpha value is -1.62. The van der Waals surface area contributed by atoms with E-state index in [1.54, 1.807) is 25.3 Å². The van der Waals surface area contributed by atoms with Crippen LogP contribution in [-0.2, 0) is 4.74 Å². The summed E-state index contributed by atoms with van der Waals surface area (Å²) >= 11 is 0. The first kappa shape index (κ1) is 14.8. The Kier molecular flexibility index (Phi) is 5.35. The van der Waals surface area contributed by atoms with Crippen molar-refractivity contribution in [3.05, 3.63) is 23.9 Å². The fourth-order valence-electron chi connectivity index (χ4n) is 2.51. The minimum absolute atomic E-state index is 0.142. The summed E-state index contributed by atoms with van der Waals surface area (Å²) in [6, 6.07) is 3.45. The van der Waals surface area contributed by atoms with Gasteiger partial charge in [-0.15, -0.1) is 0 Å². The van der Waals surface area contributed by atoms with Gasteiger partial charge in [-0.3, -0.25) is 0 Å². The number of carbonyl (C=O) groups is 1. The average molecular weight is 278 g/mol. The number of hydrogen-bond donors (Lipinski definition) is 2. The molecule has 1 aliphatic carbocycles. The van der Waals surface area contributed by atoms with Gasteiger partial charge in [0.05, 0.1) is 12.7 Å². The fourth-order valence-corrected chi connectivity index (χ4v) is 2.51. The smallest absolute Gasteiger partial charge is 0.341 e. The van der Waals surface area contributed by atoms with E-state index in [4.69, 9.17) is 4.74 Å². The number of aliphatic hydroxyl groups excluding tert-OH is 1. The van der Waals surface area contributed by atoms with Crippen LogP contribution in [0.4, 0.5) is 5.82 Å². The molecule has 0 aromatic carbocycles. The van der Waals surface area contributed by atoms with Crippen molar-refractivity contribution in [2.24, 2.45) is 5.92 Å². The predicted octanol–water partition coefficient (Wildman–Crippen LogP) is 2.22. The number of ether oxygens (including phenoxy) is 1. The van der Waals surface area contributed by atoms with Crippen LogP contribution in [0.3, 0.4) is 0 Å². The van der Waals surface area contributed by atoms with Gasteiger partial charge < -0.3 is 15.2 Å². The highest BCUT2D eigenvalue weighted by Crippen LogP contribution is 2.24. The molecule has 0 saturated heterocycles. The van der Waals surface area contributed by atoms with Crippen molar-refractivity contribution in [2.45, 2.75) is 38.7 Å². The summed E-state index contributed by atoms with van der Waals surface area (Å²) in [6.45, 7) is 2.92. The van der Waals surface area contributed by atoms with Crippen molar-refractivity contribution in [2.75, 3.05) is 18.5 Å². The normalized spacial score (nSPS) is 22.3. The van der Waals surface area contributed by atoms with Gasteiger partial charge in [0, 0.05) is 12.7 Å². The second-order valence-electron chi connectivity index (χ2n) is 5.18. The van der Waals surface area contributed by atoms with Gasteiger partial charge in [-0.05, 0) is 50.7 Å². The van der Waals surface area contributed by atoms with Crippen LogP contribution in [-0.4, -0.2) is 35.3 Å². The van der Waals surface area contributed by atoms with E-state index in [2.05, 4.69) is 10.3 Å². The number of aromatic nitrogens is 1. The molecular formula is C15H22N2O3. The lowest BCUT2D eigenvalue weighted by Gasteiger charge is -2.25. The molecule has 0 aliphatic heterocycles. The van der Waals surface area contributed by atoms with Crippen LogP contribution < -0.4 is 5.32 Å². The molecule has 0 spiro atoms. The second-order valence-corrected chi connectivity index (χ2v) is 5.18. The Balaban J connectivity index is 1.94. The van der Waals surface area contributed by atoms with Gasteiger partial charge in [-0.1, -0.05) is 0 Å². The molecule has 0 radical (unpaired) electrons. The van der Waals surface area contributed by atoms with E-state index in [0.29, 0.717) is 23.9 Å². The predicted molar refractivity (Wildman–Crippen MR) is 76.6 cm³/mol. The van der Waals surface area contributed by atoms with Crippen LogP contribution in [0.15, 0.2) is 18.3 Å². The van der Waals surface area contributed by atoms with Crippen LogP contribution in [0, 0.1) is 5.92 Å². The molecule has 2 rings (SSSR count). The maximum Gasteiger partial charge on any atom is 0.341 e. The average Bonchev–Trinajstić information content (AvgIpc) is 2.47. The standard InChI is InChI=1S/C15H22N2O3/c1-2-20-15(19)13-4-3-9-16-14(13)17-10-11-5-7-12(18)8-6-11/h3-4,9,11-12,18H,2,5-8,10H2,1H3,(H,16,17). The van der Waals surface area contributed by atoms with Gasteiger partial charge in [0.25, 0.3) is 0 Å². The Morgan fingerprint density at radius 3 is 2.90 bits per heavy atom. The molecule has 1 aliphatic rings. The number of nitrogens with zero attached hydrogens (tertiary/aromatic N) is 1. The molecule has 110 valence electrons. The first-order valence-corrected chi connectivity index (χ1v) is 7.24. The molecular weight excluding hydrogens is 256 g/mol.